The Morgan fingerprint density at radius 1 is 0.947 bits per heavy atom. The van der Waals surface area contributed by atoms with Crippen molar-refractivity contribution >= 4 is 0 Å². The normalized spacial score (nSPS) is 11.5. The molecule has 0 fully saturated rings. The van der Waals surface area contributed by atoms with Gasteiger partial charge in [-0.05, 0) is 11.6 Å². The van der Waals surface area contributed by atoms with E-state index in [9.17, 15) is 23.4 Å². The summed E-state index contributed by atoms with van der Waals surface area (Å²) in [6, 6.07) is 10.1. The van der Waals surface area contributed by atoms with Crippen LogP contribution in [0.2, 0.25) is 0 Å². The minimum Gasteiger partial charge on any atom is -0.508 e. The van der Waals surface area contributed by atoms with Gasteiger partial charge in [0.25, 0.3) is 0 Å². The lowest BCUT2D eigenvalue weighted by Crippen LogP contribution is -2.09. The van der Waals surface area contributed by atoms with Crippen molar-refractivity contribution in [3.63, 3.8) is 0 Å². The van der Waals surface area contributed by atoms with Crippen LogP contribution in [0.15, 0.2) is 42.5 Å². The number of alkyl halides is 3. The molecule has 2 nitrogen and oxygen atoms in total. The summed E-state index contributed by atoms with van der Waals surface area (Å²) in [6.07, 6.45) is -4.68. The summed E-state index contributed by atoms with van der Waals surface area (Å²) in [5.74, 6) is -1.17. The van der Waals surface area contributed by atoms with Crippen molar-refractivity contribution in [1.82, 2.24) is 0 Å². The second-order valence-corrected chi connectivity index (χ2v) is 4.15. The molecule has 0 unspecified atom stereocenters. The molecule has 0 bridgehead atoms. The first kappa shape index (κ1) is 13.3. The van der Waals surface area contributed by atoms with E-state index >= 15 is 0 Å². The Balaban J connectivity index is 2.50. The standard InChI is InChI=1S/C14H11F3O2/c15-14(16,17)12-7-10(18)8-13(19)11(12)6-9-4-2-1-3-5-9/h1-5,7-8,18-19H,6H2. The van der Waals surface area contributed by atoms with Crippen molar-refractivity contribution in [2.24, 2.45) is 0 Å². The van der Waals surface area contributed by atoms with Crippen LogP contribution in [0.3, 0.4) is 0 Å². The van der Waals surface area contributed by atoms with E-state index in [4.69, 9.17) is 0 Å². The van der Waals surface area contributed by atoms with E-state index < -0.39 is 23.2 Å². The summed E-state index contributed by atoms with van der Waals surface area (Å²) in [6.45, 7) is 0. The molecule has 0 aliphatic rings. The van der Waals surface area contributed by atoms with Crippen LogP contribution >= 0.6 is 0 Å². The van der Waals surface area contributed by atoms with E-state index in [1.807, 2.05) is 0 Å². The van der Waals surface area contributed by atoms with Gasteiger partial charge < -0.3 is 10.2 Å². The second kappa shape index (κ2) is 4.84. The molecule has 100 valence electrons. The molecule has 2 N–H and O–H groups in total. The van der Waals surface area contributed by atoms with Crippen LogP contribution in [-0.4, -0.2) is 10.2 Å². The highest BCUT2D eigenvalue weighted by molar-refractivity contribution is 5.48. The van der Waals surface area contributed by atoms with Gasteiger partial charge in [0.15, 0.2) is 0 Å². The zero-order chi connectivity index (χ0) is 14.0. The predicted octanol–water partition coefficient (Wildman–Crippen LogP) is 3.71. The Labute approximate surface area is 107 Å². The summed E-state index contributed by atoms with van der Waals surface area (Å²) in [5.41, 5.74) is -0.612. The highest BCUT2D eigenvalue weighted by Crippen LogP contribution is 2.39. The van der Waals surface area contributed by atoms with Gasteiger partial charge in [-0.15, -0.1) is 0 Å². The molecule has 5 heteroatoms. The number of phenols is 2. The molecule has 19 heavy (non-hydrogen) atoms. The second-order valence-electron chi connectivity index (χ2n) is 4.15. The molecule has 0 saturated heterocycles. The number of phenolic OH excluding ortho intramolecular Hbond substituents is 2. The van der Waals surface area contributed by atoms with Crippen LogP contribution in [0.4, 0.5) is 13.2 Å². The fourth-order valence-corrected chi connectivity index (χ4v) is 1.88. The first-order valence-corrected chi connectivity index (χ1v) is 5.54. The van der Waals surface area contributed by atoms with Crippen LogP contribution < -0.4 is 0 Å². The third-order valence-electron chi connectivity index (χ3n) is 2.74. The van der Waals surface area contributed by atoms with Crippen LogP contribution in [-0.2, 0) is 12.6 Å². The Morgan fingerprint density at radius 2 is 1.58 bits per heavy atom. The maximum atomic E-state index is 12.9. The SMILES string of the molecule is Oc1cc(O)c(Cc2ccccc2)c(C(F)(F)F)c1. The van der Waals surface area contributed by atoms with Crippen LogP contribution in [0.5, 0.6) is 11.5 Å². The fraction of sp³-hybridized carbons (Fsp3) is 0.143. The molecule has 0 aromatic heterocycles. The quantitative estimate of drug-likeness (QED) is 0.871. The lowest BCUT2D eigenvalue weighted by molar-refractivity contribution is -0.138. The molecule has 0 atom stereocenters. The number of hydrogen-bond donors (Lipinski definition) is 2. The average Bonchev–Trinajstić information content (AvgIpc) is 2.32. The minimum atomic E-state index is -4.62. The Bertz CT molecular complexity index is 577. The molecule has 2 aromatic rings. The van der Waals surface area contributed by atoms with Gasteiger partial charge in [-0.1, -0.05) is 30.3 Å². The Morgan fingerprint density at radius 3 is 2.16 bits per heavy atom. The van der Waals surface area contributed by atoms with Crippen LogP contribution in [0.1, 0.15) is 16.7 Å². The molecule has 0 amide bonds. The van der Waals surface area contributed by atoms with Gasteiger partial charge in [0.2, 0.25) is 0 Å². The molecule has 0 radical (unpaired) electrons. The van der Waals surface area contributed by atoms with Crippen molar-refractivity contribution in [3.8, 4) is 11.5 Å². The first-order valence-electron chi connectivity index (χ1n) is 5.54. The highest BCUT2D eigenvalue weighted by Gasteiger charge is 2.35. The van der Waals surface area contributed by atoms with Crippen molar-refractivity contribution < 1.29 is 23.4 Å². The van der Waals surface area contributed by atoms with Gasteiger partial charge in [-0.25, -0.2) is 0 Å². The molecule has 0 aliphatic heterocycles. The minimum absolute atomic E-state index is 0.0538. The lowest BCUT2D eigenvalue weighted by atomic mass is 9.98. The largest absolute Gasteiger partial charge is 0.508 e. The van der Waals surface area contributed by atoms with Crippen molar-refractivity contribution in [2.75, 3.05) is 0 Å². The molecular formula is C14H11F3O2. The van der Waals surface area contributed by atoms with Gasteiger partial charge in [0, 0.05) is 18.1 Å². The third kappa shape index (κ3) is 2.99. The zero-order valence-electron chi connectivity index (χ0n) is 9.78. The number of benzene rings is 2. The van der Waals surface area contributed by atoms with Crippen molar-refractivity contribution in [1.29, 1.82) is 0 Å². The molecule has 2 rings (SSSR count). The number of halogens is 3. The van der Waals surface area contributed by atoms with Gasteiger partial charge >= 0.3 is 6.18 Å². The summed E-state index contributed by atoms with van der Waals surface area (Å²) in [4.78, 5) is 0. The number of rotatable bonds is 2. The number of aromatic hydroxyl groups is 2. The van der Waals surface area contributed by atoms with Crippen molar-refractivity contribution in [2.45, 2.75) is 12.6 Å². The first-order chi connectivity index (χ1) is 8.88. The van der Waals surface area contributed by atoms with Crippen LogP contribution in [0, 0.1) is 0 Å². The van der Waals surface area contributed by atoms with E-state index in [1.165, 1.54) is 0 Å². The molecule has 0 spiro atoms. The lowest BCUT2D eigenvalue weighted by Gasteiger charge is -2.15. The third-order valence-corrected chi connectivity index (χ3v) is 2.74. The van der Waals surface area contributed by atoms with Crippen molar-refractivity contribution in [3.05, 3.63) is 59.2 Å². The smallest absolute Gasteiger partial charge is 0.416 e. The Hall–Kier alpha value is -2.17. The maximum Gasteiger partial charge on any atom is 0.416 e. The Kier molecular flexibility index (Phi) is 3.38. The molecule has 0 saturated carbocycles. The average molecular weight is 268 g/mol. The van der Waals surface area contributed by atoms with E-state index in [-0.39, 0.29) is 12.0 Å². The fourth-order valence-electron chi connectivity index (χ4n) is 1.88. The highest BCUT2D eigenvalue weighted by atomic mass is 19.4. The van der Waals surface area contributed by atoms with Gasteiger partial charge in [0.05, 0.1) is 5.56 Å². The monoisotopic (exact) mass is 268 g/mol. The van der Waals surface area contributed by atoms with Gasteiger partial charge in [-0.3, -0.25) is 0 Å². The number of hydrogen-bond acceptors (Lipinski definition) is 2. The molecule has 0 aliphatic carbocycles. The molecule has 0 heterocycles. The van der Waals surface area contributed by atoms with E-state index in [2.05, 4.69) is 0 Å². The van der Waals surface area contributed by atoms with E-state index in [1.54, 1.807) is 30.3 Å². The van der Waals surface area contributed by atoms with Gasteiger partial charge in [-0.2, -0.15) is 13.2 Å². The summed E-state index contributed by atoms with van der Waals surface area (Å²) >= 11 is 0. The molecular weight excluding hydrogens is 257 g/mol. The summed E-state index contributed by atoms with van der Waals surface area (Å²) in [5, 5.41) is 18.8. The zero-order valence-corrected chi connectivity index (χ0v) is 9.78. The van der Waals surface area contributed by atoms with Gasteiger partial charge in [0.1, 0.15) is 11.5 Å². The van der Waals surface area contributed by atoms with E-state index in [0.717, 1.165) is 6.07 Å². The molecule has 2 aromatic carbocycles. The predicted molar refractivity (Wildman–Crippen MR) is 64.0 cm³/mol. The maximum absolute atomic E-state index is 12.9. The topological polar surface area (TPSA) is 40.5 Å². The van der Waals surface area contributed by atoms with Crippen LogP contribution in [0.25, 0.3) is 0 Å². The summed E-state index contributed by atoms with van der Waals surface area (Å²) in [7, 11) is 0. The summed E-state index contributed by atoms with van der Waals surface area (Å²) < 4.78 is 38.7. The van der Waals surface area contributed by atoms with E-state index in [0.29, 0.717) is 11.6 Å².